The van der Waals surface area contributed by atoms with Gasteiger partial charge in [0.05, 0.1) is 0 Å². The van der Waals surface area contributed by atoms with E-state index in [1.165, 1.54) is 0 Å². The molecule has 0 spiro atoms. The van der Waals surface area contributed by atoms with Gasteiger partial charge in [0.1, 0.15) is 0 Å². The van der Waals surface area contributed by atoms with Gasteiger partial charge in [0.15, 0.2) is 0 Å². The molecule has 0 aliphatic carbocycles. The van der Waals surface area contributed by atoms with E-state index >= 15 is 0 Å². The van der Waals surface area contributed by atoms with Gasteiger partial charge in [-0.1, -0.05) is 0 Å². The first-order chi connectivity index (χ1) is 3.50. The fourth-order valence-electron chi connectivity index (χ4n) is 0.449. The Morgan fingerprint density at radius 1 is 0.750 bits per heavy atom. The molecule has 0 aromatic heterocycles. The van der Waals surface area contributed by atoms with Gasteiger partial charge in [-0.2, -0.15) is 0 Å². The van der Waals surface area contributed by atoms with E-state index in [2.05, 4.69) is 0 Å². The summed E-state index contributed by atoms with van der Waals surface area (Å²) in [6.07, 6.45) is 0. The summed E-state index contributed by atoms with van der Waals surface area (Å²) in [6.45, 7) is 0. The fraction of sp³-hybridized carbons (Fsp3) is 0. The minimum absolute atomic E-state index is 0. The van der Waals surface area contributed by atoms with Gasteiger partial charge in [0.2, 0.25) is 0 Å². The molecule has 1 aromatic rings. The molecule has 0 aliphatic heterocycles. The lowest BCUT2D eigenvalue weighted by Crippen LogP contribution is -3.00. The van der Waals surface area contributed by atoms with Gasteiger partial charge in [0, 0.05) is 42.5 Å². The molecule has 0 unspecified atom stereocenters. The maximum absolute atomic E-state index is 2.00. The van der Waals surface area contributed by atoms with Crippen LogP contribution in [0.2, 0.25) is 0 Å². The molecule has 0 N–H and O–H groups in total. The third kappa shape index (κ3) is 2.91. The molecule has 0 nitrogen and oxygen atoms in total. The average molecular weight is 218 g/mol. The highest BCUT2D eigenvalue weighted by Gasteiger charge is 1.67. The zero-order valence-electron chi connectivity index (χ0n) is 4.42. The molecule has 0 amide bonds. The average Bonchev–Trinajstić information content (AvgIpc) is 1.90. The van der Waals surface area contributed by atoms with Crippen LogP contribution in [0.3, 0.4) is 0 Å². The maximum atomic E-state index is 2.00. The Hall–Kier alpha value is -0.180. The molecule has 0 fully saturated rings. The van der Waals surface area contributed by atoms with Crippen molar-refractivity contribution in [2.75, 3.05) is 0 Å². The van der Waals surface area contributed by atoms with Crippen molar-refractivity contribution in [3.8, 4) is 0 Å². The molecular formula is C7H7I. The Labute approximate surface area is 66.6 Å². The van der Waals surface area contributed by atoms with Crippen LogP contribution in [0.5, 0.6) is 0 Å². The molecule has 42 valence electrons. The number of halogens is 1. The molecular weight excluding hydrogens is 211 g/mol. The topological polar surface area (TPSA) is 0 Å². The highest BCUT2D eigenvalue weighted by molar-refractivity contribution is 4.99. The second-order valence-electron chi connectivity index (χ2n) is 1.35. The van der Waals surface area contributed by atoms with Crippen molar-refractivity contribution >= 4 is 0 Å². The first-order valence-corrected chi connectivity index (χ1v) is 2.33. The highest BCUT2D eigenvalue weighted by Crippen LogP contribution is 1.80. The van der Waals surface area contributed by atoms with E-state index in [0.29, 0.717) is 0 Å². The summed E-state index contributed by atoms with van der Waals surface area (Å²) >= 11 is 0. The molecule has 1 heteroatoms. The minimum Gasteiger partial charge on any atom is -1.00 e. The SMILES string of the molecule is [I-].c1ccc[cH+]cc1. The Morgan fingerprint density at radius 2 is 1.25 bits per heavy atom. The van der Waals surface area contributed by atoms with Crippen molar-refractivity contribution in [1.82, 2.24) is 0 Å². The van der Waals surface area contributed by atoms with Crippen LogP contribution in [0.4, 0.5) is 0 Å². The Balaban J connectivity index is 0.000000490. The van der Waals surface area contributed by atoms with Crippen molar-refractivity contribution in [1.29, 1.82) is 0 Å². The minimum atomic E-state index is 0. The van der Waals surface area contributed by atoms with Gasteiger partial charge >= 0.3 is 0 Å². The van der Waals surface area contributed by atoms with Gasteiger partial charge in [0.25, 0.3) is 0 Å². The summed E-state index contributed by atoms with van der Waals surface area (Å²) in [7, 11) is 0. The van der Waals surface area contributed by atoms with Crippen LogP contribution in [0, 0.1) is 0 Å². The first-order valence-electron chi connectivity index (χ1n) is 2.33. The molecule has 0 radical (unpaired) electrons. The molecule has 0 saturated heterocycles. The van der Waals surface area contributed by atoms with Crippen molar-refractivity contribution in [3.63, 3.8) is 0 Å². The Kier molecular flexibility index (Phi) is 4.85. The smallest absolute Gasteiger partial charge is 0.0467 e. The first kappa shape index (κ1) is 7.82. The van der Waals surface area contributed by atoms with E-state index in [1.807, 2.05) is 42.5 Å². The lowest BCUT2D eigenvalue weighted by Gasteiger charge is -1.45. The van der Waals surface area contributed by atoms with Crippen molar-refractivity contribution in [2.45, 2.75) is 0 Å². The number of hydrogen-bond donors (Lipinski definition) is 0. The molecule has 1 rings (SSSR count). The molecule has 0 heterocycles. The van der Waals surface area contributed by atoms with Crippen LogP contribution in [-0.4, -0.2) is 0 Å². The zero-order chi connectivity index (χ0) is 4.95. The summed E-state index contributed by atoms with van der Waals surface area (Å²) in [5.74, 6) is 0. The van der Waals surface area contributed by atoms with Gasteiger partial charge < -0.3 is 24.0 Å². The fourth-order valence-corrected chi connectivity index (χ4v) is 0.449. The maximum Gasteiger partial charge on any atom is 0.0467 e. The Bertz CT molecular complexity index is 92.4. The van der Waals surface area contributed by atoms with Gasteiger partial charge in [-0.15, -0.1) is 0 Å². The van der Waals surface area contributed by atoms with E-state index in [-0.39, 0.29) is 24.0 Å². The van der Waals surface area contributed by atoms with Crippen LogP contribution in [-0.2, 0) is 0 Å². The van der Waals surface area contributed by atoms with Crippen LogP contribution < -0.4 is 24.0 Å². The van der Waals surface area contributed by atoms with Crippen LogP contribution >= 0.6 is 0 Å². The second kappa shape index (κ2) is 4.97. The summed E-state index contributed by atoms with van der Waals surface area (Å²) in [5, 5.41) is 0. The van der Waals surface area contributed by atoms with E-state index in [1.54, 1.807) is 0 Å². The third-order valence-electron chi connectivity index (χ3n) is 0.778. The Morgan fingerprint density at radius 3 is 1.75 bits per heavy atom. The largest absolute Gasteiger partial charge is 1.00 e. The highest BCUT2D eigenvalue weighted by atomic mass is 127. The summed E-state index contributed by atoms with van der Waals surface area (Å²) < 4.78 is 0. The van der Waals surface area contributed by atoms with E-state index in [0.717, 1.165) is 0 Å². The quantitative estimate of drug-likeness (QED) is 0.386. The second-order valence-corrected chi connectivity index (χ2v) is 1.35. The number of hydrogen-bond acceptors (Lipinski definition) is 0. The molecule has 1 aromatic carbocycles. The zero-order valence-corrected chi connectivity index (χ0v) is 6.58. The third-order valence-corrected chi connectivity index (χ3v) is 0.778. The molecule has 0 saturated carbocycles. The van der Waals surface area contributed by atoms with Gasteiger partial charge in [-0.3, -0.25) is 0 Å². The predicted molar refractivity (Wildman–Crippen MR) is 30.8 cm³/mol. The lowest BCUT2D eigenvalue weighted by molar-refractivity contribution is -0.00000140. The molecule has 0 bridgehead atoms. The summed E-state index contributed by atoms with van der Waals surface area (Å²) in [6, 6.07) is 14.0. The summed E-state index contributed by atoms with van der Waals surface area (Å²) in [4.78, 5) is 0. The van der Waals surface area contributed by atoms with E-state index in [9.17, 15) is 0 Å². The summed E-state index contributed by atoms with van der Waals surface area (Å²) in [5.41, 5.74) is 0. The van der Waals surface area contributed by atoms with Crippen molar-refractivity contribution < 1.29 is 24.0 Å². The van der Waals surface area contributed by atoms with Crippen LogP contribution in [0.1, 0.15) is 0 Å². The normalized spacial score (nSPS) is 7.00. The van der Waals surface area contributed by atoms with Crippen LogP contribution in [0.15, 0.2) is 42.5 Å². The molecule has 8 heavy (non-hydrogen) atoms. The van der Waals surface area contributed by atoms with E-state index < -0.39 is 0 Å². The van der Waals surface area contributed by atoms with Gasteiger partial charge in [-0.05, 0) is 0 Å². The standard InChI is InChI=1S/C7H7.HI/c1-2-4-6-7-5-3-1;/h1-7H;1H/q+1;/p-1. The van der Waals surface area contributed by atoms with Crippen molar-refractivity contribution in [2.24, 2.45) is 0 Å². The van der Waals surface area contributed by atoms with Gasteiger partial charge in [-0.25, -0.2) is 0 Å². The number of rotatable bonds is 0. The van der Waals surface area contributed by atoms with E-state index in [4.69, 9.17) is 0 Å². The molecule has 0 atom stereocenters. The monoisotopic (exact) mass is 218 g/mol. The lowest BCUT2D eigenvalue weighted by atomic mass is 10.5. The predicted octanol–water partition coefficient (Wildman–Crippen LogP) is -1.03. The van der Waals surface area contributed by atoms with Crippen LogP contribution in [0.25, 0.3) is 0 Å². The van der Waals surface area contributed by atoms with Crippen molar-refractivity contribution in [3.05, 3.63) is 42.5 Å². The molecule has 0 aliphatic rings.